The molecule has 3 rings (SSSR count). The number of fused-ring (bicyclic) bond motifs is 1. The second kappa shape index (κ2) is 6.65. The Morgan fingerprint density at radius 3 is 2.88 bits per heavy atom. The number of nitriles is 1. The Kier molecular flexibility index (Phi) is 4.68. The maximum absolute atomic E-state index is 12.6. The molecule has 26 heavy (non-hydrogen) atoms. The fourth-order valence-corrected chi connectivity index (χ4v) is 3.07. The van der Waals surface area contributed by atoms with Crippen LogP contribution in [0.3, 0.4) is 0 Å². The van der Waals surface area contributed by atoms with Crippen molar-refractivity contribution in [3.05, 3.63) is 24.5 Å². The highest BCUT2D eigenvalue weighted by atomic mass is 32.2. The highest BCUT2D eigenvalue weighted by molar-refractivity contribution is 7.88. The number of aromatic nitrogens is 2. The lowest BCUT2D eigenvalue weighted by Gasteiger charge is -2.18. The number of pyridine rings is 1. The highest BCUT2D eigenvalue weighted by Gasteiger charge is 2.49. The van der Waals surface area contributed by atoms with Crippen LogP contribution in [0, 0.1) is 17.4 Å². The smallest absolute Gasteiger partial charge is 0.381 e. The van der Waals surface area contributed by atoms with Crippen molar-refractivity contribution in [2.24, 2.45) is 5.92 Å². The molecule has 140 valence electrons. The first-order valence-corrected chi connectivity index (χ1v) is 8.86. The maximum Gasteiger partial charge on any atom is 0.534 e. The molecule has 1 saturated heterocycles. The summed E-state index contributed by atoms with van der Waals surface area (Å²) >= 11 is 0. The molecule has 3 heterocycles. The second-order valence-corrected chi connectivity index (χ2v) is 7.16. The van der Waals surface area contributed by atoms with Crippen LogP contribution in [-0.2, 0) is 14.9 Å². The first kappa shape index (κ1) is 18.3. The lowest BCUT2D eigenvalue weighted by molar-refractivity contribution is -0.0499. The number of halogens is 3. The molecule has 0 aliphatic carbocycles. The number of anilines is 1. The van der Waals surface area contributed by atoms with E-state index in [1.54, 1.807) is 0 Å². The highest BCUT2D eigenvalue weighted by Crippen LogP contribution is 2.34. The molecular weight excluding hydrogens is 377 g/mol. The largest absolute Gasteiger partial charge is 0.534 e. The van der Waals surface area contributed by atoms with Crippen LogP contribution in [0.15, 0.2) is 24.5 Å². The van der Waals surface area contributed by atoms with Gasteiger partial charge in [-0.05, 0) is 18.6 Å². The molecule has 8 nitrogen and oxygen atoms in total. The van der Waals surface area contributed by atoms with Crippen LogP contribution in [0.5, 0.6) is 5.75 Å². The third kappa shape index (κ3) is 3.40. The van der Waals surface area contributed by atoms with Crippen molar-refractivity contribution in [2.45, 2.75) is 11.9 Å². The summed E-state index contributed by atoms with van der Waals surface area (Å²) in [4.78, 5) is 1.23. The molecule has 1 aliphatic rings. The van der Waals surface area contributed by atoms with Gasteiger partial charge in [0.15, 0.2) is 11.9 Å². The Hall–Kier alpha value is -2.52. The third-order valence-corrected chi connectivity index (χ3v) is 4.81. The Balaban J connectivity index is 2.01. The van der Waals surface area contributed by atoms with Gasteiger partial charge in [0.25, 0.3) is 0 Å². The average molecular weight is 390 g/mol. The predicted octanol–water partition coefficient (Wildman–Crippen LogP) is 1.89. The van der Waals surface area contributed by atoms with Gasteiger partial charge in [-0.15, -0.1) is 0 Å². The standard InChI is InChI=1S/C14H13F3N4O4S/c15-14(16,17)26(22,23)25-12-2-1-4-21-13(12)11(6-19-21)20(9-18)7-10-3-5-24-8-10/h1-2,4,6,10H,3,5,7-8H2. The minimum Gasteiger partial charge on any atom is -0.381 e. The normalized spacial score (nSPS) is 18.0. The van der Waals surface area contributed by atoms with Gasteiger partial charge in [-0.3, -0.25) is 4.90 Å². The lowest BCUT2D eigenvalue weighted by atomic mass is 10.1. The summed E-state index contributed by atoms with van der Waals surface area (Å²) in [6, 6.07) is 2.35. The number of hydrogen-bond acceptors (Lipinski definition) is 7. The summed E-state index contributed by atoms with van der Waals surface area (Å²) in [7, 11) is -5.85. The van der Waals surface area contributed by atoms with Crippen LogP contribution in [-0.4, -0.2) is 43.3 Å². The Morgan fingerprint density at radius 2 is 2.27 bits per heavy atom. The van der Waals surface area contributed by atoms with E-state index in [1.807, 2.05) is 6.19 Å². The molecule has 0 bridgehead atoms. The number of hydrogen-bond donors (Lipinski definition) is 0. The summed E-state index contributed by atoms with van der Waals surface area (Å²) in [6.45, 7) is 1.29. The monoisotopic (exact) mass is 390 g/mol. The molecule has 2 aromatic rings. The van der Waals surface area contributed by atoms with E-state index in [-0.39, 0.29) is 23.7 Å². The molecule has 1 aliphatic heterocycles. The van der Waals surface area contributed by atoms with E-state index in [0.29, 0.717) is 13.2 Å². The van der Waals surface area contributed by atoms with Gasteiger partial charge in [-0.2, -0.15) is 31.9 Å². The maximum atomic E-state index is 12.6. The number of alkyl halides is 3. The Morgan fingerprint density at radius 1 is 1.50 bits per heavy atom. The van der Waals surface area contributed by atoms with Gasteiger partial charge in [0.1, 0.15) is 11.2 Å². The van der Waals surface area contributed by atoms with Crippen LogP contribution in [0.2, 0.25) is 0 Å². The van der Waals surface area contributed by atoms with Crippen LogP contribution in [0.4, 0.5) is 18.9 Å². The molecule has 0 saturated carbocycles. The number of nitrogens with zero attached hydrogens (tertiary/aromatic N) is 4. The van der Waals surface area contributed by atoms with E-state index in [0.717, 1.165) is 17.0 Å². The summed E-state index contributed by atoms with van der Waals surface area (Å²) in [5.41, 5.74) is -5.48. The van der Waals surface area contributed by atoms with Crippen molar-refractivity contribution in [3.63, 3.8) is 0 Å². The van der Waals surface area contributed by atoms with Gasteiger partial charge < -0.3 is 8.92 Å². The molecule has 2 aromatic heterocycles. The van der Waals surface area contributed by atoms with Crippen LogP contribution < -0.4 is 9.08 Å². The first-order valence-electron chi connectivity index (χ1n) is 7.45. The molecule has 0 N–H and O–H groups in total. The third-order valence-electron chi connectivity index (χ3n) is 3.84. The summed E-state index contributed by atoms with van der Waals surface area (Å²) in [5.74, 6) is -0.503. The van der Waals surface area contributed by atoms with Crippen LogP contribution in [0.25, 0.3) is 5.52 Å². The van der Waals surface area contributed by atoms with Gasteiger partial charge in [0, 0.05) is 25.3 Å². The Labute approximate surface area is 146 Å². The molecule has 1 fully saturated rings. The van der Waals surface area contributed by atoms with Crippen molar-refractivity contribution in [1.29, 1.82) is 5.26 Å². The van der Waals surface area contributed by atoms with E-state index < -0.39 is 21.4 Å². The minimum absolute atomic E-state index is 0.0548. The van der Waals surface area contributed by atoms with E-state index in [2.05, 4.69) is 9.28 Å². The Bertz CT molecular complexity index is 945. The summed E-state index contributed by atoms with van der Waals surface area (Å²) in [6.07, 6.45) is 5.35. The first-order chi connectivity index (χ1) is 12.2. The number of ether oxygens (including phenoxy) is 1. The molecule has 0 spiro atoms. The molecule has 1 unspecified atom stereocenters. The summed E-state index contributed by atoms with van der Waals surface area (Å²) in [5, 5.41) is 13.4. The zero-order chi connectivity index (χ0) is 18.9. The fourth-order valence-electron chi connectivity index (χ4n) is 2.60. The lowest BCUT2D eigenvalue weighted by Crippen LogP contribution is -2.28. The number of rotatable bonds is 5. The zero-order valence-corrected chi connectivity index (χ0v) is 14.0. The van der Waals surface area contributed by atoms with Crippen LogP contribution >= 0.6 is 0 Å². The van der Waals surface area contributed by atoms with Crippen molar-refractivity contribution in [1.82, 2.24) is 9.61 Å². The molecular formula is C14H13F3N4O4S. The molecule has 1 atom stereocenters. The van der Waals surface area contributed by atoms with E-state index in [9.17, 15) is 26.9 Å². The van der Waals surface area contributed by atoms with E-state index in [1.165, 1.54) is 23.4 Å². The molecule has 0 aromatic carbocycles. The van der Waals surface area contributed by atoms with Gasteiger partial charge in [-0.25, -0.2) is 4.52 Å². The van der Waals surface area contributed by atoms with E-state index >= 15 is 0 Å². The molecule has 0 amide bonds. The molecule has 12 heteroatoms. The van der Waals surface area contributed by atoms with Gasteiger partial charge in [0.05, 0.1) is 12.8 Å². The predicted molar refractivity (Wildman–Crippen MR) is 82.7 cm³/mol. The SMILES string of the molecule is N#CN(CC1CCOC1)c1cnn2cccc(OS(=O)(=O)C(F)(F)F)c12. The fraction of sp³-hybridized carbons (Fsp3) is 0.429. The quantitative estimate of drug-likeness (QED) is 0.333. The van der Waals surface area contributed by atoms with Gasteiger partial charge in [0.2, 0.25) is 0 Å². The van der Waals surface area contributed by atoms with Crippen LogP contribution in [0.1, 0.15) is 6.42 Å². The van der Waals surface area contributed by atoms with Gasteiger partial charge in [-0.1, -0.05) is 0 Å². The van der Waals surface area contributed by atoms with E-state index in [4.69, 9.17) is 4.74 Å². The minimum atomic E-state index is -5.85. The average Bonchev–Trinajstić information content (AvgIpc) is 3.21. The second-order valence-electron chi connectivity index (χ2n) is 5.62. The van der Waals surface area contributed by atoms with Gasteiger partial charge >= 0.3 is 15.6 Å². The topological polar surface area (TPSA) is 96.9 Å². The van der Waals surface area contributed by atoms with Crippen molar-refractivity contribution in [3.8, 4) is 11.9 Å². The summed E-state index contributed by atoms with van der Waals surface area (Å²) < 4.78 is 71.2. The van der Waals surface area contributed by atoms with Crippen molar-refractivity contribution in [2.75, 3.05) is 24.7 Å². The van der Waals surface area contributed by atoms with Crippen molar-refractivity contribution < 1.29 is 30.5 Å². The van der Waals surface area contributed by atoms with Crippen molar-refractivity contribution >= 4 is 21.3 Å². The zero-order valence-electron chi connectivity index (χ0n) is 13.2. The molecule has 0 radical (unpaired) electrons.